The predicted molar refractivity (Wildman–Crippen MR) is 72.3 cm³/mol. The van der Waals surface area contributed by atoms with E-state index in [0.717, 1.165) is 19.4 Å². The molecular formula is C14H23N3. The summed E-state index contributed by atoms with van der Waals surface area (Å²) in [5.74, 6) is 1.21. The highest BCUT2D eigenvalue weighted by molar-refractivity contribution is 5.47. The Hall–Kier alpha value is -1.09. The molecular weight excluding hydrogens is 210 g/mol. The Morgan fingerprint density at radius 1 is 1.18 bits per heavy atom. The number of pyridine rings is 1. The van der Waals surface area contributed by atoms with E-state index >= 15 is 0 Å². The fraction of sp³-hybridized carbons (Fsp3) is 0.643. The average Bonchev–Trinajstić information content (AvgIpc) is 2.41. The lowest BCUT2D eigenvalue weighted by Gasteiger charge is -2.29. The van der Waals surface area contributed by atoms with Crippen LogP contribution in [0.1, 0.15) is 37.7 Å². The van der Waals surface area contributed by atoms with Gasteiger partial charge in [0.25, 0.3) is 0 Å². The Morgan fingerprint density at radius 2 is 2.00 bits per heavy atom. The van der Waals surface area contributed by atoms with Crippen molar-refractivity contribution in [2.45, 2.75) is 38.5 Å². The molecule has 0 radical (unpaired) electrons. The van der Waals surface area contributed by atoms with Crippen LogP contribution >= 0.6 is 0 Å². The Balaban J connectivity index is 2.03. The number of nitrogens with zero attached hydrogens (tertiary/aromatic N) is 2. The predicted octanol–water partition coefficient (Wildman–Crippen LogP) is 2.35. The molecule has 1 aromatic heterocycles. The highest BCUT2D eigenvalue weighted by Crippen LogP contribution is 2.22. The minimum absolute atomic E-state index is 0.791. The van der Waals surface area contributed by atoms with Gasteiger partial charge < -0.3 is 10.6 Å². The number of aromatic nitrogens is 1. The van der Waals surface area contributed by atoms with Gasteiger partial charge in [0.05, 0.1) is 0 Å². The maximum atomic E-state index is 5.55. The van der Waals surface area contributed by atoms with Crippen LogP contribution in [-0.2, 0) is 6.42 Å². The molecule has 0 amide bonds. The molecule has 0 atom stereocenters. The van der Waals surface area contributed by atoms with Gasteiger partial charge in [-0.15, -0.1) is 0 Å². The summed E-state index contributed by atoms with van der Waals surface area (Å²) < 4.78 is 0. The van der Waals surface area contributed by atoms with Crippen molar-refractivity contribution in [3.8, 4) is 0 Å². The van der Waals surface area contributed by atoms with Gasteiger partial charge >= 0.3 is 0 Å². The Kier molecular flexibility index (Phi) is 4.80. The van der Waals surface area contributed by atoms with Gasteiger partial charge in [-0.25, -0.2) is 4.98 Å². The number of piperidine rings is 1. The fourth-order valence-corrected chi connectivity index (χ4v) is 2.48. The third kappa shape index (κ3) is 3.43. The molecule has 3 nitrogen and oxygen atoms in total. The van der Waals surface area contributed by atoms with Crippen LogP contribution in [0.25, 0.3) is 0 Å². The summed E-state index contributed by atoms with van der Waals surface area (Å²) in [5.41, 5.74) is 6.94. The van der Waals surface area contributed by atoms with Gasteiger partial charge in [0.1, 0.15) is 5.82 Å². The molecule has 3 heteroatoms. The van der Waals surface area contributed by atoms with Gasteiger partial charge in [0.15, 0.2) is 0 Å². The first kappa shape index (κ1) is 12.4. The van der Waals surface area contributed by atoms with Crippen LogP contribution in [-0.4, -0.2) is 24.6 Å². The van der Waals surface area contributed by atoms with Crippen LogP contribution in [0.2, 0.25) is 0 Å². The molecule has 0 aromatic carbocycles. The van der Waals surface area contributed by atoms with Crippen molar-refractivity contribution in [3.05, 3.63) is 23.9 Å². The molecule has 1 aromatic rings. The molecule has 0 unspecified atom stereocenters. The summed E-state index contributed by atoms with van der Waals surface area (Å²) >= 11 is 0. The molecule has 94 valence electrons. The first-order valence-corrected chi connectivity index (χ1v) is 6.81. The molecule has 1 fully saturated rings. The lowest BCUT2D eigenvalue weighted by atomic mass is 10.1. The zero-order valence-corrected chi connectivity index (χ0v) is 10.6. The third-order valence-electron chi connectivity index (χ3n) is 3.42. The highest BCUT2D eigenvalue weighted by Gasteiger charge is 2.14. The smallest absolute Gasteiger partial charge is 0.131 e. The van der Waals surface area contributed by atoms with E-state index in [9.17, 15) is 0 Å². The van der Waals surface area contributed by atoms with Gasteiger partial charge in [0, 0.05) is 19.3 Å². The van der Waals surface area contributed by atoms with Gasteiger partial charge in [-0.1, -0.05) is 6.07 Å². The zero-order chi connectivity index (χ0) is 11.9. The van der Waals surface area contributed by atoms with Gasteiger partial charge in [-0.05, 0) is 56.7 Å². The highest BCUT2D eigenvalue weighted by atomic mass is 15.2. The van der Waals surface area contributed by atoms with Crippen molar-refractivity contribution in [2.24, 2.45) is 5.73 Å². The second-order valence-electron chi connectivity index (χ2n) is 4.78. The molecule has 0 bridgehead atoms. The van der Waals surface area contributed by atoms with Crippen molar-refractivity contribution in [1.29, 1.82) is 0 Å². The zero-order valence-electron chi connectivity index (χ0n) is 10.6. The first-order chi connectivity index (χ1) is 8.42. The molecule has 17 heavy (non-hydrogen) atoms. The molecule has 0 saturated carbocycles. The van der Waals surface area contributed by atoms with Gasteiger partial charge in [-0.3, -0.25) is 0 Å². The summed E-state index contributed by atoms with van der Waals surface area (Å²) in [6.07, 6.45) is 9.27. The van der Waals surface area contributed by atoms with Crippen LogP contribution < -0.4 is 10.6 Å². The molecule has 2 heterocycles. The van der Waals surface area contributed by atoms with E-state index in [4.69, 9.17) is 5.73 Å². The number of aryl methyl sites for hydroxylation is 1. The Bertz CT molecular complexity index is 332. The SMILES string of the molecule is NCCCCc1cccnc1N1CCCCC1. The maximum absolute atomic E-state index is 5.55. The topological polar surface area (TPSA) is 42.1 Å². The van der Waals surface area contributed by atoms with Crippen LogP contribution in [0.4, 0.5) is 5.82 Å². The van der Waals surface area contributed by atoms with Crippen LogP contribution in [0.3, 0.4) is 0 Å². The molecule has 0 spiro atoms. The molecule has 2 rings (SSSR count). The van der Waals surface area contributed by atoms with Gasteiger partial charge in [-0.2, -0.15) is 0 Å². The lowest BCUT2D eigenvalue weighted by Crippen LogP contribution is -2.31. The maximum Gasteiger partial charge on any atom is 0.131 e. The van der Waals surface area contributed by atoms with Crippen molar-refractivity contribution in [3.63, 3.8) is 0 Å². The summed E-state index contributed by atoms with van der Waals surface area (Å²) in [7, 11) is 0. The first-order valence-electron chi connectivity index (χ1n) is 6.81. The molecule has 1 aliphatic rings. The number of rotatable bonds is 5. The van der Waals surface area contributed by atoms with E-state index in [1.807, 2.05) is 12.3 Å². The lowest BCUT2D eigenvalue weighted by molar-refractivity contribution is 0.571. The third-order valence-corrected chi connectivity index (χ3v) is 3.42. The molecule has 1 aliphatic heterocycles. The largest absolute Gasteiger partial charge is 0.356 e. The van der Waals surface area contributed by atoms with Crippen molar-refractivity contribution < 1.29 is 0 Å². The van der Waals surface area contributed by atoms with Crippen molar-refractivity contribution in [1.82, 2.24) is 4.98 Å². The second-order valence-corrected chi connectivity index (χ2v) is 4.78. The van der Waals surface area contributed by atoms with E-state index in [1.54, 1.807) is 0 Å². The van der Waals surface area contributed by atoms with E-state index in [1.165, 1.54) is 50.2 Å². The molecule has 2 N–H and O–H groups in total. The quantitative estimate of drug-likeness (QED) is 0.794. The summed E-state index contributed by atoms with van der Waals surface area (Å²) in [4.78, 5) is 7.02. The minimum Gasteiger partial charge on any atom is -0.356 e. The fourth-order valence-electron chi connectivity index (χ4n) is 2.48. The number of hydrogen-bond acceptors (Lipinski definition) is 3. The second kappa shape index (κ2) is 6.60. The number of nitrogens with two attached hydrogens (primary N) is 1. The van der Waals surface area contributed by atoms with E-state index in [-0.39, 0.29) is 0 Å². The minimum atomic E-state index is 0.791. The Labute approximate surface area is 104 Å². The van der Waals surface area contributed by atoms with Gasteiger partial charge in [0.2, 0.25) is 0 Å². The van der Waals surface area contributed by atoms with Crippen LogP contribution in [0, 0.1) is 0 Å². The Morgan fingerprint density at radius 3 is 2.76 bits per heavy atom. The van der Waals surface area contributed by atoms with E-state index in [2.05, 4.69) is 16.0 Å². The normalized spacial score (nSPS) is 16.2. The standard InChI is InChI=1S/C14H23N3/c15-9-3-2-7-13-8-6-10-16-14(13)17-11-4-1-5-12-17/h6,8,10H,1-5,7,9,11-12,15H2. The van der Waals surface area contributed by atoms with E-state index < -0.39 is 0 Å². The number of unbranched alkanes of at least 4 members (excludes halogenated alkanes) is 1. The number of hydrogen-bond donors (Lipinski definition) is 1. The van der Waals surface area contributed by atoms with E-state index in [0.29, 0.717) is 0 Å². The molecule has 1 saturated heterocycles. The van der Waals surface area contributed by atoms with Crippen LogP contribution in [0.5, 0.6) is 0 Å². The summed E-state index contributed by atoms with van der Waals surface area (Å²) in [6, 6.07) is 4.26. The summed E-state index contributed by atoms with van der Waals surface area (Å²) in [5, 5.41) is 0. The molecule has 0 aliphatic carbocycles. The van der Waals surface area contributed by atoms with Crippen molar-refractivity contribution >= 4 is 5.82 Å². The van der Waals surface area contributed by atoms with Crippen LogP contribution in [0.15, 0.2) is 18.3 Å². The van der Waals surface area contributed by atoms with Crippen molar-refractivity contribution in [2.75, 3.05) is 24.5 Å². The number of anilines is 1. The summed E-state index contributed by atoms with van der Waals surface area (Å²) in [6.45, 7) is 3.13. The average molecular weight is 233 g/mol. The monoisotopic (exact) mass is 233 g/mol.